The molecule has 1 aliphatic rings. The normalized spacial score (nSPS) is 13.6. The average Bonchev–Trinajstić information content (AvgIpc) is 3.49. The summed E-state index contributed by atoms with van der Waals surface area (Å²) in [5.41, 5.74) is 0.913. The first kappa shape index (κ1) is 26.5. The molecule has 7 nitrogen and oxygen atoms in total. The fourth-order valence-electron chi connectivity index (χ4n) is 2.57. The molecule has 0 saturated heterocycles. The largest absolute Gasteiger partial charge is 0.491 e. The van der Waals surface area contributed by atoms with Crippen LogP contribution < -0.4 is 15.4 Å². The minimum atomic E-state index is 0. The zero-order valence-electron chi connectivity index (χ0n) is 18.6. The van der Waals surface area contributed by atoms with Crippen molar-refractivity contribution in [3.63, 3.8) is 0 Å². The standard InChI is InChI=1S/C22H36N4O3.HI/c1-17(2)29-20-10-8-19(9-11-20)25-22(24-14-12-21(27)26(3)4)23-13-5-15-28-16-18-6-7-18;/h8-11,17-18H,5-7,12-16H2,1-4H3,(H2,23,24,25);1H. The lowest BCUT2D eigenvalue weighted by atomic mass is 10.3. The zero-order chi connectivity index (χ0) is 21.1. The highest BCUT2D eigenvalue weighted by Gasteiger charge is 2.20. The number of guanidine groups is 1. The summed E-state index contributed by atoms with van der Waals surface area (Å²) in [7, 11) is 3.52. The average molecular weight is 532 g/mol. The maximum Gasteiger partial charge on any atom is 0.223 e. The first-order chi connectivity index (χ1) is 13.9. The van der Waals surface area contributed by atoms with Crippen LogP contribution in [0.15, 0.2) is 29.3 Å². The summed E-state index contributed by atoms with van der Waals surface area (Å²) in [6.07, 6.45) is 4.05. The highest BCUT2D eigenvalue weighted by Crippen LogP contribution is 2.28. The molecule has 8 heteroatoms. The van der Waals surface area contributed by atoms with Crippen molar-refractivity contribution in [3.05, 3.63) is 24.3 Å². The molecule has 0 radical (unpaired) electrons. The van der Waals surface area contributed by atoms with E-state index < -0.39 is 0 Å². The second-order valence-corrected chi connectivity index (χ2v) is 7.88. The third kappa shape index (κ3) is 11.6. The molecule has 1 aromatic rings. The van der Waals surface area contributed by atoms with E-state index in [0.717, 1.165) is 37.0 Å². The third-order valence-corrected chi connectivity index (χ3v) is 4.39. The Labute approximate surface area is 198 Å². The second kappa shape index (κ2) is 14.5. The molecule has 0 aliphatic heterocycles. The Morgan fingerprint density at radius 3 is 2.53 bits per heavy atom. The number of amides is 1. The molecule has 1 saturated carbocycles. The van der Waals surface area contributed by atoms with Gasteiger partial charge in [-0.05, 0) is 63.3 Å². The van der Waals surface area contributed by atoms with Gasteiger partial charge in [-0.1, -0.05) is 0 Å². The van der Waals surface area contributed by atoms with Gasteiger partial charge in [0.25, 0.3) is 0 Å². The van der Waals surface area contributed by atoms with E-state index in [1.165, 1.54) is 12.8 Å². The Bertz CT molecular complexity index is 646. The Kier molecular flexibility index (Phi) is 12.8. The number of anilines is 1. The van der Waals surface area contributed by atoms with Crippen LogP contribution in [0.25, 0.3) is 0 Å². The highest BCUT2D eigenvalue weighted by molar-refractivity contribution is 14.0. The lowest BCUT2D eigenvalue weighted by Gasteiger charge is -2.15. The minimum absolute atomic E-state index is 0. The van der Waals surface area contributed by atoms with Gasteiger partial charge in [0, 0.05) is 52.5 Å². The molecule has 1 aliphatic carbocycles. The summed E-state index contributed by atoms with van der Waals surface area (Å²) in [4.78, 5) is 18.0. The number of carbonyl (C=O) groups is 1. The maximum absolute atomic E-state index is 11.8. The van der Waals surface area contributed by atoms with Gasteiger partial charge in [0.1, 0.15) is 5.75 Å². The van der Waals surface area contributed by atoms with Crippen molar-refractivity contribution < 1.29 is 14.3 Å². The molecule has 1 amide bonds. The molecular formula is C22H37IN4O3. The number of aliphatic imine (C=N–C) groups is 1. The van der Waals surface area contributed by atoms with Crippen LogP contribution in [0, 0.1) is 5.92 Å². The van der Waals surface area contributed by atoms with Crippen LogP contribution in [-0.4, -0.2) is 63.3 Å². The first-order valence-corrected chi connectivity index (χ1v) is 10.5. The van der Waals surface area contributed by atoms with E-state index in [4.69, 9.17) is 9.47 Å². The summed E-state index contributed by atoms with van der Waals surface area (Å²) in [5.74, 6) is 2.37. The van der Waals surface area contributed by atoms with E-state index in [-0.39, 0.29) is 36.0 Å². The van der Waals surface area contributed by atoms with Crippen molar-refractivity contribution in [1.82, 2.24) is 10.2 Å². The Balaban J connectivity index is 0.00000450. The second-order valence-electron chi connectivity index (χ2n) is 7.88. The molecule has 0 atom stereocenters. The topological polar surface area (TPSA) is 75.2 Å². The molecule has 0 heterocycles. The van der Waals surface area contributed by atoms with Crippen molar-refractivity contribution in [3.8, 4) is 5.75 Å². The van der Waals surface area contributed by atoms with E-state index in [9.17, 15) is 4.79 Å². The van der Waals surface area contributed by atoms with Crippen LogP contribution in [-0.2, 0) is 9.53 Å². The predicted octanol–water partition coefficient (Wildman–Crippen LogP) is 3.74. The van der Waals surface area contributed by atoms with Crippen molar-refractivity contribution in [1.29, 1.82) is 0 Å². The van der Waals surface area contributed by atoms with Crippen LogP contribution in [0.5, 0.6) is 5.75 Å². The van der Waals surface area contributed by atoms with Crippen molar-refractivity contribution in [2.45, 2.75) is 45.6 Å². The van der Waals surface area contributed by atoms with Gasteiger partial charge in [0.2, 0.25) is 5.91 Å². The molecule has 1 fully saturated rings. The maximum atomic E-state index is 11.8. The van der Waals surface area contributed by atoms with Crippen molar-refractivity contribution in [2.75, 3.05) is 45.7 Å². The van der Waals surface area contributed by atoms with Crippen LogP contribution in [0.4, 0.5) is 5.69 Å². The van der Waals surface area contributed by atoms with Crippen LogP contribution >= 0.6 is 24.0 Å². The van der Waals surface area contributed by atoms with Crippen LogP contribution in [0.3, 0.4) is 0 Å². The van der Waals surface area contributed by atoms with Crippen LogP contribution in [0.1, 0.15) is 39.5 Å². The van der Waals surface area contributed by atoms with Gasteiger partial charge in [-0.3, -0.25) is 9.79 Å². The molecule has 30 heavy (non-hydrogen) atoms. The fraction of sp³-hybridized carbons (Fsp3) is 0.636. The van der Waals surface area contributed by atoms with Gasteiger partial charge in [0.05, 0.1) is 6.10 Å². The lowest BCUT2D eigenvalue weighted by Crippen LogP contribution is -2.34. The molecule has 170 valence electrons. The number of halogens is 1. The number of rotatable bonds is 12. The first-order valence-electron chi connectivity index (χ1n) is 10.5. The SMILES string of the molecule is CC(C)Oc1ccc(NC(=NCCCOCC2CC2)NCCC(=O)N(C)C)cc1.I. The molecule has 2 N–H and O–H groups in total. The summed E-state index contributed by atoms with van der Waals surface area (Å²) >= 11 is 0. The van der Waals surface area contributed by atoms with Crippen LogP contribution in [0.2, 0.25) is 0 Å². The molecule has 0 aromatic heterocycles. The number of ether oxygens (including phenoxy) is 2. The van der Waals surface area contributed by atoms with Crippen molar-refractivity contribution in [2.24, 2.45) is 10.9 Å². The number of nitrogens with one attached hydrogen (secondary N) is 2. The third-order valence-electron chi connectivity index (χ3n) is 4.39. The summed E-state index contributed by atoms with van der Waals surface area (Å²) in [6, 6.07) is 7.78. The smallest absolute Gasteiger partial charge is 0.223 e. The Morgan fingerprint density at radius 2 is 1.93 bits per heavy atom. The molecule has 0 spiro atoms. The molecule has 2 rings (SSSR count). The monoisotopic (exact) mass is 532 g/mol. The van der Waals surface area contributed by atoms with E-state index in [2.05, 4.69) is 15.6 Å². The van der Waals surface area contributed by atoms with Gasteiger partial charge in [0.15, 0.2) is 5.96 Å². The summed E-state index contributed by atoms with van der Waals surface area (Å²) < 4.78 is 11.3. The van der Waals surface area contributed by atoms with Gasteiger partial charge in [-0.25, -0.2) is 0 Å². The number of carbonyl (C=O) groups excluding carboxylic acids is 1. The van der Waals surface area contributed by atoms with Crippen molar-refractivity contribution >= 4 is 41.5 Å². The number of hydrogen-bond donors (Lipinski definition) is 2. The lowest BCUT2D eigenvalue weighted by molar-refractivity contribution is -0.128. The number of nitrogens with zero attached hydrogens (tertiary/aromatic N) is 2. The molecule has 0 unspecified atom stereocenters. The summed E-state index contributed by atoms with van der Waals surface area (Å²) in [6.45, 7) is 6.80. The molecule has 0 bridgehead atoms. The fourth-order valence-corrected chi connectivity index (χ4v) is 2.57. The molecular weight excluding hydrogens is 495 g/mol. The van der Waals surface area contributed by atoms with E-state index in [1.807, 2.05) is 38.1 Å². The van der Waals surface area contributed by atoms with Gasteiger partial charge in [-0.2, -0.15) is 0 Å². The zero-order valence-corrected chi connectivity index (χ0v) is 21.0. The molecule has 1 aromatic carbocycles. The Hall–Kier alpha value is -1.55. The number of benzene rings is 1. The predicted molar refractivity (Wildman–Crippen MR) is 133 cm³/mol. The van der Waals surface area contributed by atoms with Gasteiger partial charge in [-0.15, -0.1) is 24.0 Å². The van der Waals surface area contributed by atoms with E-state index in [1.54, 1.807) is 19.0 Å². The van der Waals surface area contributed by atoms with E-state index in [0.29, 0.717) is 25.5 Å². The Morgan fingerprint density at radius 1 is 1.23 bits per heavy atom. The van der Waals surface area contributed by atoms with E-state index >= 15 is 0 Å². The number of hydrogen-bond acceptors (Lipinski definition) is 4. The minimum Gasteiger partial charge on any atom is -0.491 e. The van der Waals surface area contributed by atoms with Gasteiger partial charge >= 0.3 is 0 Å². The van der Waals surface area contributed by atoms with Gasteiger partial charge < -0.3 is 25.0 Å². The summed E-state index contributed by atoms with van der Waals surface area (Å²) in [5, 5.41) is 6.54. The highest BCUT2D eigenvalue weighted by atomic mass is 127. The quantitative estimate of drug-likeness (QED) is 0.186.